The summed E-state index contributed by atoms with van der Waals surface area (Å²) in [4.78, 5) is 28.1. The van der Waals surface area contributed by atoms with E-state index in [1.165, 1.54) is 24.3 Å². The second-order valence-corrected chi connectivity index (χ2v) is 12.5. The van der Waals surface area contributed by atoms with Crippen LogP contribution in [0.3, 0.4) is 0 Å². The van der Waals surface area contributed by atoms with E-state index in [1.807, 2.05) is 36.4 Å². The topological polar surface area (TPSA) is 117 Å². The van der Waals surface area contributed by atoms with Crippen molar-refractivity contribution in [2.75, 3.05) is 0 Å². The molecule has 1 aromatic carbocycles. The largest absolute Gasteiger partial charge is 0.255 e. The van der Waals surface area contributed by atoms with Crippen LogP contribution in [-0.4, -0.2) is 26.7 Å². The predicted octanol–water partition coefficient (Wildman–Crippen LogP) is 4.79. The third kappa shape index (κ3) is 11.0. The number of aldehydes is 1. The van der Waals surface area contributed by atoms with Crippen LogP contribution >= 0.6 is 29.1 Å². The first-order chi connectivity index (χ1) is 12.9. The van der Waals surface area contributed by atoms with E-state index in [0.29, 0.717) is 11.8 Å². The molecule has 0 spiro atoms. The maximum Gasteiger partial charge on any atom is 0.0886 e. The van der Waals surface area contributed by atoms with Gasteiger partial charge in [-0.15, -0.1) is 0 Å². The molecule has 2 heterocycles. The maximum absolute atomic E-state index is 10.1. The zero-order valence-electron chi connectivity index (χ0n) is 14.1. The summed E-state index contributed by atoms with van der Waals surface area (Å²) in [5, 5.41) is 10.1. The monoisotopic (exact) mass is 532 g/mol. The number of aromatic nitrogens is 2. The van der Waals surface area contributed by atoms with Gasteiger partial charge in [0.05, 0.1) is 16.3 Å². The van der Waals surface area contributed by atoms with Gasteiger partial charge in [-0.1, -0.05) is 12.1 Å². The van der Waals surface area contributed by atoms with Gasteiger partial charge in [0.1, 0.15) is 6.29 Å². The normalized spacial score (nSPS) is 9.32. The van der Waals surface area contributed by atoms with Crippen LogP contribution in [-0.2, 0) is 13.0 Å². The van der Waals surface area contributed by atoms with Crippen LogP contribution in [0.5, 0.6) is 0 Å². The molecule has 28 heavy (non-hydrogen) atoms. The van der Waals surface area contributed by atoms with Gasteiger partial charge in [-0.05, 0) is 36.4 Å². The SMILES string of the molecule is O.O=Cc1ccc([N+](=O)[O-])cc1.[Cl][Ru]([Cl])[Cl].c1ccc(-c2ccccn2)nc1. The number of nitrogens with zero attached hydrogens (tertiary/aromatic N) is 3. The predicted molar refractivity (Wildman–Crippen MR) is 107 cm³/mol. The molecule has 11 heteroatoms. The van der Waals surface area contributed by atoms with Crippen LogP contribution in [0, 0.1) is 10.1 Å². The Balaban J connectivity index is 0.000000428. The number of pyridine rings is 2. The van der Waals surface area contributed by atoms with Crippen LogP contribution in [0.15, 0.2) is 73.1 Å². The Labute approximate surface area is 178 Å². The average Bonchev–Trinajstić information content (AvgIpc) is 2.69. The van der Waals surface area contributed by atoms with Crippen LogP contribution in [0.1, 0.15) is 10.4 Å². The Hall–Kier alpha value is -1.96. The molecule has 151 valence electrons. The summed E-state index contributed by atoms with van der Waals surface area (Å²) in [6.07, 6.45) is 4.18. The fourth-order valence-corrected chi connectivity index (χ4v) is 1.70. The van der Waals surface area contributed by atoms with E-state index in [9.17, 15) is 14.9 Å². The molecule has 3 rings (SSSR count). The van der Waals surface area contributed by atoms with E-state index in [0.717, 1.165) is 11.4 Å². The molecule has 0 bridgehead atoms. The van der Waals surface area contributed by atoms with Gasteiger partial charge in [0.25, 0.3) is 5.69 Å². The maximum atomic E-state index is 10.1. The van der Waals surface area contributed by atoms with Gasteiger partial charge in [0.2, 0.25) is 0 Å². The molecule has 3 aromatic rings. The molecule has 7 nitrogen and oxygen atoms in total. The summed E-state index contributed by atoms with van der Waals surface area (Å²) in [7, 11) is 14.8. The summed E-state index contributed by atoms with van der Waals surface area (Å²) >= 11 is -1.75. The number of halogens is 3. The third-order valence-electron chi connectivity index (χ3n) is 2.83. The first kappa shape index (κ1) is 26.0. The Morgan fingerprint density at radius 1 is 0.857 bits per heavy atom. The molecule has 0 radical (unpaired) electrons. The fourth-order valence-electron chi connectivity index (χ4n) is 1.70. The Bertz CT molecular complexity index is 786. The molecule has 2 N–H and O–H groups in total. The van der Waals surface area contributed by atoms with Crippen molar-refractivity contribution < 1.29 is 28.2 Å². The molecule has 0 saturated heterocycles. The number of non-ortho nitro benzene ring substituents is 1. The number of hydrogen-bond acceptors (Lipinski definition) is 5. The molecule has 2 aromatic heterocycles. The van der Waals surface area contributed by atoms with Crippen molar-refractivity contribution in [3.05, 3.63) is 88.7 Å². The zero-order valence-corrected chi connectivity index (χ0v) is 18.1. The smallest absolute Gasteiger partial charge is 0.0886 e. The van der Waals surface area contributed by atoms with E-state index < -0.39 is 17.9 Å². The van der Waals surface area contributed by atoms with Crippen LogP contribution in [0.2, 0.25) is 0 Å². The average molecular weight is 533 g/mol. The van der Waals surface area contributed by atoms with E-state index in [4.69, 9.17) is 29.1 Å². The second kappa shape index (κ2) is 15.0. The minimum absolute atomic E-state index is 0. The van der Waals surface area contributed by atoms with Crippen molar-refractivity contribution in [1.29, 1.82) is 0 Å². The number of nitro groups is 1. The van der Waals surface area contributed by atoms with Crippen molar-refractivity contribution in [2.45, 2.75) is 0 Å². The number of hydrogen-bond donors (Lipinski definition) is 0. The standard InChI is InChI=1S/C10H8N2.C7H5NO3.3ClH.H2O.Ru/c1-3-7-11-9(5-1)10-6-2-4-8-12-10;9-5-6-1-3-7(4-2-6)8(10)11;;;;;/h1-8H;1-5H;3*1H;1H2;/q;;;;;;+3/p-3. The fraction of sp³-hybridized carbons (Fsp3) is 0. The molecule has 0 aliphatic carbocycles. The summed E-state index contributed by atoms with van der Waals surface area (Å²) in [5.41, 5.74) is 2.27. The Kier molecular flexibility index (Phi) is 14.0. The quantitative estimate of drug-likeness (QED) is 0.208. The minimum atomic E-state index is -1.75. The number of benzene rings is 1. The van der Waals surface area contributed by atoms with Gasteiger partial charge in [0.15, 0.2) is 0 Å². The molecule has 0 unspecified atom stereocenters. The van der Waals surface area contributed by atoms with Crippen LogP contribution in [0.25, 0.3) is 11.4 Å². The zero-order chi connectivity index (χ0) is 20.1. The third-order valence-corrected chi connectivity index (χ3v) is 2.83. The molecule has 0 saturated carbocycles. The van der Waals surface area contributed by atoms with Gasteiger partial charge in [-0.25, -0.2) is 0 Å². The van der Waals surface area contributed by atoms with Crippen LogP contribution < -0.4 is 0 Å². The van der Waals surface area contributed by atoms with E-state index in [-0.39, 0.29) is 11.2 Å². The van der Waals surface area contributed by atoms with Crippen molar-refractivity contribution in [3.8, 4) is 11.4 Å². The van der Waals surface area contributed by atoms with Crippen LogP contribution in [0.4, 0.5) is 5.69 Å². The van der Waals surface area contributed by atoms with Crippen molar-refractivity contribution in [2.24, 2.45) is 0 Å². The molecular formula is C17H15Cl3N3O4Ru. The first-order valence-electron chi connectivity index (χ1n) is 7.13. The number of carbonyl (C=O) groups excluding carboxylic acids is 1. The molecule has 0 atom stereocenters. The Morgan fingerprint density at radius 3 is 1.57 bits per heavy atom. The van der Waals surface area contributed by atoms with Gasteiger partial charge >= 0.3 is 42.1 Å². The summed E-state index contributed by atoms with van der Waals surface area (Å²) in [6.45, 7) is 0. The second-order valence-electron chi connectivity index (χ2n) is 4.55. The molecule has 0 aliphatic rings. The Morgan fingerprint density at radius 2 is 1.29 bits per heavy atom. The molecule has 0 fully saturated rings. The van der Waals surface area contributed by atoms with Crippen molar-refractivity contribution in [1.82, 2.24) is 9.97 Å². The van der Waals surface area contributed by atoms with E-state index >= 15 is 0 Å². The molecular weight excluding hydrogens is 518 g/mol. The molecule has 0 aliphatic heterocycles. The minimum Gasteiger partial charge on any atom is -0.255 e. The van der Waals surface area contributed by atoms with E-state index in [2.05, 4.69) is 9.97 Å². The summed E-state index contributed by atoms with van der Waals surface area (Å²) in [6, 6.07) is 17.0. The summed E-state index contributed by atoms with van der Waals surface area (Å²) in [5.74, 6) is 0. The van der Waals surface area contributed by atoms with E-state index in [1.54, 1.807) is 12.4 Å². The number of carbonyl (C=O) groups is 1. The summed E-state index contributed by atoms with van der Waals surface area (Å²) < 4.78 is 0. The van der Waals surface area contributed by atoms with Gasteiger partial charge < -0.3 is 5.48 Å². The van der Waals surface area contributed by atoms with Gasteiger partial charge in [-0.3, -0.25) is 24.9 Å². The van der Waals surface area contributed by atoms with Crippen molar-refractivity contribution in [3.63, 3.8) is 0 Å². The van der Waals surface area contributed by atoms with Gasteiger partial charge in [-0.2, -0.15) is 0 Å². The first-order valence-corrected chi connectivity index (χ1v) is 13.8. The molecule has 0 amide bonds. The van der Waals surface area contributed by atoms with Gasteiger partial charge in [0, 0.05) is 30.1 Å². The van der Waals surface area contributed by atoms with Crippen molar-refractivity contribution >= 4 is 41.0 Å². The number of rotatable bonds is 3. The number of nitro benzene ring substituents is 1.